The fraction of sp³-hybridized carbons (Fsp3) is 0.840. The zero-order valence-electron chi connectivity index (χ0n) is 18.7. The van der Waals surface area contributed by atoms with Crippen molar-refractivity contribution in [3.05, 3.63) is 11.6 Å². The lowest BCUT2D eigenvalue weighted by atomic mass is 9.48. The number of allylic oxidation sites excluding steroid dienone is 1. The zero-order valence-corrected chi connectivity index (χ0v) is 18.7. The Kier molecular flexibility index (Phi) is 5.59. The summed E-state index contributed by atoms with van der Waals surface area (Å²) >= 11 is 0. The molecule has 3 saturated carbocycles. The number of hydrogen-bond acceptors (Lipinski definition) is 4. The Hall–Kier alpha value is -1.32. The van der Waals surface area contributed by atoms with Gasteiger partial charge < -0.3 is 9.47 Å². The lowest BCUT2D eigenvalue weighted by Crippen LogP contribution is -2.51. The molecule has 3 unspecified atom stereocenters. The van der Waals surface area contributed by atoms with Crippen LogP contribution in [0, 0.1) is 28.6 Å². The minimum absolute atomic E-state index is 0.0447. The van der Waals surface area contributed by atoms with Crippen LogP contribution in [0.5, 0.6) is 0 Å². The van der Waals surface area contributed by atoms with Gasteiger partial charge in [-0.2, -0.15) is 0 Å². The quantitative estimate of drug-likeness (QED) is 0.454. The van der Waals surface area contributed by atoms with E-state index in [0.717, 1.165) is 38.5 Å². The maximum Gasteiger partial charge on any atom is 0.305 e. The number of rotatable bonds is 4. The number of fused-ring (bicyclic) bond motifs is 5. The summed E-state index contributed by atoms with van der Waals surface area (Å²) < 4.78 is 11.6. The molecule has 0 amide bonds. The topological polar surface area (TPSA) is 52.6 Å². The molecule has 0 heterocycles. The van der Waals surface area contributed by atoms with E-state index >= 15 is 0 Å². The summed E-state index contributed by atoms with van der Waals surface area (Å²) in [6, 6.07) is 0. The average molecular weight is 403 g/mol. The van der Waals surface area contributed by atoms with Crippen molar-refractivity contribution in [1.82, 2.24) is 0 Å². The van der Waals surface area contributed by atoms with E-state index in [0.29, 0.717) is 30.6 Å². The third-order valence-electron chi connectivity index (χ3n) is 9.12. The van der Waals surface area contributed by atoms with Gasteiger partial charge in [0.15, 0.2) is 0 Å². The molecular formula is C25H38O4. The van der Waals surface area contributed by atoms with Gasteiger partial charge in [0, 0.05) is 24.7 Å². The van der Waals surface area contributed by atoms with Gasteiger partial charge in [-0.05, 0) is 68.1 Å². The molecule has 4 nitrogen and oxygen atoms in total. The van der Waals surface area contributed by atoms with Crippen LogP contribution in [0.1, 0.15) is 91.9 Å². The third-order valence-corrected chi connectivity index (χ3v) is 9.12. The summed E-state index contributed by atoms with van der Waals surface area (Å²) in [5.74, 6) is 1.95. The van der Waals surface area contributed by atoms with E-state index < -0.39 is 0 Å². The van der Waals surface area contributed by atoms with Crippen LogP contribution in [0.2, 0.25) is 0 Å². The highest BCUT2D eigenvalue weighted by Gasteiger charge is 2.59. The minimum atomic E-state index is -0.0695. The zero-order chi connectivity index (χ0) is 20.8. The summed E-state index contributed by atoms with van der Waals surface area (Å²) in [4.78, 5) is 23.7. The molecule has 4 aliphatic carbocycles. The number of hydrogen-bond donors (Lipinski definition) is 0. The molecule has 0 aromatic heterocycles. The van der Waals surface area contributed by atoms with Gasteiger partial charge in [0.2, 0.25) is 0 Å². The van der Waals surface area contributed by atoms with E-state index in [4.69, 9.17) is 9.47 Å². The highest BCUT2D eigenvalue weighted by molar-refractivity contribution is 5.69. The highest BCUT2D eigenvalue weighted by atomic mass is 16.5. The normalized spacial score (nSPS) is 43.4. The van der Waals surface area contributed by atoms with Crippen LogP contribution >= 0.6 is 0 Å². The number of carbonyl (C=O) groups is 2. The van der Waals surface area contributed by atoms with Gasteiger partial charge in [0.05, 0.1) is 0 Å². The first-order chi connectivity index (χ1) is 13.8. The maximum atomic E-state index is 12.0. The summed E-state index contributed by atoms with van der Waals surface area (Å²) in [7, 11) is 0. The van der Waals surface area contributed by atoms with Crippen molar-refractivity contribution in [1.29, 1.82) is 0 Å². The lowest BCUT2D eigenvalue weighted by Gasteiger charge is -2.57. The third kappa shape index (κ3) is 3.45. The largest absolute Gasteiger partial charge is 0.462 e. The molecule has 4 rings (SSSR count). The summed E-state index contributed by atoms with van der Waals surface area (Å²) in [5.41, 5.74) is 1.92. The fourth-order valence-electron chi connectivity index (χ4n) is 7.38. The molecule has 3 fully saturated rings. The molecule has 4 aliphatic rings. The molecule has 4 heteroatoms. The molecule has 0 aromatic carbocycles. The Morgan fingerprint density at radius 2 is 1.69 bits per heavy atom. The Morgan fingerprint density at radius 3 is 2.41 bits per heavy atom. The van der Waals surface area contributed by atoms with Crippen LogP contribution in [0.25, 0.3) is 0 Å². The van der Waals surface area contributed by atoms with Crippen molar-refractivity contribution in [3.63, 3.8) is 0 Å². The second-order valence-corrected chi connectivity index (χ2v) is 10.4. The standard InChI is InChI=1S/C25H38O4/c1-5-22(26)28-17-11-13-24(3)16(15-17)7-8-18-19-9-10-21(29-23(27)6-2)25(19,4)14-12-20(18)24/h7,17-21H,5-6,8-15H2,1-4H3/t17-,18?,19?,20?,21-,24-,25-/m0/s1. The van der Waals surface area contributed by atoms with Gasteiger partial charge in [-0.1, -0.05) is 39.3 Å². The van der Waals surface area contributed by atoms with E-state index in [-0.39, 0.29) is 35.0 Å². The Balaban J connectivity index is 1.51. The minimum Gasteiger partial charge on any atom is -0.462 e. The van der Waals surface area contributed by atoms with Crippen molar-refractivity contribution in [2.45, 2.75) is 104 Å². The number of carbonyl (C=O) groups excluding carboxylic acids is 2. The first kappa shape index (κ1) is 20.9. The molecule has 29 heavy (non-hydrogen) atoms. The van der Waals surface area contributed by atoms with E-state index in [2.05, 4.69) is 19.9 Å². The molecule has 0 aliphatic heterocycles. The highest BCUT2D eigenvalue weighted by Crippen LogP contribution is 2.65. The number of ether oxygens (including phenoxy) is 2. The maximum absolute atomic E-state index is 12.0. The Bertz CT molecular complexity index is 697. The second kappa shape index (κ2) is 7.74. The summed E-state index contributed by atoms with van der Waals surface area (Å²) in [5, 5.41) is 0. The van der Waals surface area contributed by atoms with Crippen molar-refractivity contribution in [2.75, 3.05) is 0 Å². The molecule has 162 valence electrons. The first-order valence-corrected chi connectivity index (χ1v) is 11.9. The van der Waals surface area contributed by atoms with E-state index in [9.17, 15) is 9.59 Å². The monoisotopic (exact) mass is 402 g/mol. The fourth-order valence-corrected chi connectivity index (χ4v) is 7.38. The second-order valence-electron chi connectivity index (χ2n) is 10.4. The predicted octanol–water partition coefficient (Wildman–Crippen LogP) is 5.59. The molecule has 0 N–H and O–H groups in total. The van der Waals surface area contributed by atoms with Gasteiger partial charge in [0.25, 0.3) is 0 Å². The molecular weight excluding hydrogens is 364 g/mol. The molecule has 0 radical (unpaired) electrons. The first-order valence-electron chi connectivity index (χ1n) is 11.9. The van der Waals surface area contributed by atoms with Crippen LogP contribution in [0.15, 0.2) is 11.6 Å². The number of esters is 2. The van der Waals surface area contributed by atoms with Crippen LogP contribution < -0.4 is 0 Å². The van der Waals surface area contributed by atoms with Crippen molar-refractivity contribution in [2.24, 2.45) is 28.6 Å². The van der Waals surface area contributed by atoms with Gasteiger partial charge >= 0.3 is 11.9 Å². The van der Waals surface area contributed by atoms with Crippen LogP contribution in [-0.2, 0) is 19.1 Å². The van der Waals surface area contributed by atoms with Gasteiger partial charge in [-0.3, -0.25) is 9.59 Å². The smallest absolute Gasteiger partial charge is 0.305 e. The van der Waals surface area contributed by atoms with E-state index in [1.54, 1.807) is 0 Å². The molecule has 0 spiro atoms. The van der Waals surface area contributed by atoms with Gasteiger partial charge in [0.1, 0.15) is 12.2 Å². The molecule has 0 saturated heterocycles. The molecule has 7 atom stereocenters. The van der Waals surface area contributed by atoms with Crippen LogP contribution in [0.4, 0.5) is 0 Å². The predicted molar refractivity (Wildman–Crippen MR) is 112 cm³/mol. The Labute approximate surface area is 175 Å². The van der Waals surface area contributed by atoms with Gasteiger partial charge in [-0.15, -0.1) is 0 Å². The summed E-state index contributed by atoms with van der Waals surface area (Å²) in [6.45, 7) is 8.61. The average Bonchev–Trinajstić information content (AvgIpc) is 3.04. The molecule has 0 bridgehead atoms. The van der Waals surface area contributed by atoms with Crippen molar-refractivity contribution >= 4 is 11.9 Å². The van der Waals surface area contributed by atoms with Crippen LogP contribution in [0.3, 0.4) is 0 Å². The van der Waals surface area contributed by atoms with Crippen LogP contribution in [-0.4, -0.2) is 24.1 Å². The summed E-state index contributed by atoms with van der Waals surface area (Å²) in [6.07, 6.45) is 12.4. The molecule has 0 aromatic rings. The lowest BCUT2D eigenvalue weighted by molar-refractivity contribution is -0.159. The van der Waals surface area contributed by atoms with Gasteiger partial charge in [-0.25, -0.2) is 0 Å². The van der Waals surface area contributed by atoms with E-state index in [1.807, 2.05) is 13.8 Å². The van der Waals surface area contributed by atoms with Crippen molar-refractivity contribution in [3.8, 4) is 0 Å². The SMILES string of the molecule is CCC(=O)O[C@H]1CC[C@@]2(C)C(=CCC3C2CC[C@@]2(C)C3CC[C@@H]2OC(=O)CC)C1. The van der Waals surface area contributed by atoms with E-state index in [1.165, 1.54) is 18.4 Å². The Morgan fingerprint density at radius 1 is 0.966 bits per heavy atom. The van der Waals surface area contributed by atoms with Crippen molar-refractivity contribution < 1.29 is 19.1 Å².